The Hall–Kier alpha value is -2.08. The van der Waals surface area contributed by atoms with Crippen molar-refractivity contribution < 1.29 is 0 Å². The molecule has 1 fully saturated rings. The number of anilines is 1. The molecule has 1 unspecified atom stereocenters. The first-order valence-corrected chi connectivity index (χ1v) is 6.91. The van der Waals surface area contributed by atoms with Gasteiger partial charge in [0, 0.05) is 31.7 Å². The van der Waals surface area contributed by atoms with Crippen molar-refractivity contribution in [3.05, 3.63) is 30.9 Å². The second kappa shape index (κ2) is 5.92. The largest absolute Gasteiger partial charge is 0.340 e. The van der Waals surface area contributed by atoms with Gasteiger partial charge in [0.25, 0.3) is 0 Å². The fourth-order valence-electron chi connectivity index (χ4n) is 2.51. The summed E-state index contributed by atoms with van der Waals surface area (Å²) in [6.07, 6.45) is 9.14. The van der Waals surface area contributed by atoms with Crippen LogP contribution in [0.25, 0.3) is 11.4 Å². The van der Waals surface area contributed by atoms with Crippen LogP contribution in [0.4, 0.5) is 5.95 Å². The second-order valence-electron chi connectivity index (χ2n) is 5.02. The van der Waals surface area contributed by atoms with Crippen molar-refractivity contribution in [2.24, 2.45) is 11.7 Å². The smallest absolute Gasteiger partial charge is 0.225 e. The summed E-state index contributed by atoms with van der Waals surface area (Å²) in [5.74, 6) is 1.29. The number of nitrogens with zero attached hydrogens (tertiary/aromatic N) is 5. The van der Waals surface area contributed by atoms with Gasteiger partial charge in [-0.3, -0.25) is 9.97 Å². The van der Waals surface area contributed by atoms with E-state index < -0.39 is 0 Å². The molecule has 1 atom stereocenters. The number of piperidine rings is 1. The van der Waals surface area contributed by atoms with Crippen molar-refractivity contribution in [1.82, 2.24) is 19.9 Å². The van der Waals surface area contributed by atoms with Crippen LogP contribution in [0.2, 0.25) is 0 Å². The summed E-state index contributed by atoms with van der Waals surface area (Å²) in [6.45, 7) is 2.64. The molecule has 0 aromatic carbocycles. The zero-order valence-corrected chi connectivity index (χ0v) is 11.3. The molecule has 0 spiro atoms. The molecular formula is C14H18N6. The third-order valence-corrected chi connectivity index (χ3v) is 3.60. The third-order valence-electron chi connectivity index (χ3n) is 3.60. The Labute approximate surface area is 118 Å². The molecule has 3 rings (SSSR count). The van der Waals surface area contributed by atoms with Crippen LogP contribution in [0, 0.1) is 5.92 Å². The summed E-state index contributed by atoms with van der Waals surface area (Å²) in [7, 11) is 0. The van der Waals surface area contributed by atoms with Gasteiger partial charge in [0.05, 0.1) is 11.9 Å². The van der Waals surface area contributed by atoms with Gasteiger partial charge in [-0.2, -0.15) is 0 Å². The SMILES string of the molecule is NCC1CCCN(c2nccc(-c3cnccn3)n2)C1. The van der Waals surface area contributed by atoms with E-state index in [1.807, 2.05) is 6.07 Å². The standard InChI is InChI=1S/C14H18N6/c15-8-11-2-1-7-20(10-11)14-18-4-3-12(19-14)13-9-16-5-6-17-13/h3-6,9,11H,1-2,7-8,10,15H2. The lowest BCUT2D eigenvalue weighted by molar-refractivity contribution is 0.419. The highest BCUT2D eigenvalue weighted by Crippen LogP contribution is 2.21. The molecule has 0 amide bonds. The van der Waals surface area contributed by atoms with E-state index in [2.05, 4.69) is 24.8 Å². The van der Waals surface area contributed by atoms with Crippen LogP contribution in [0.15, 0.2) is 30.9 Å². The van der Waals surface area contributed by atoms with E-state index in [0.717, 1.165) is 43.4 Å². The van der Waals surface area contributed by atoms with Crippen LogP contribution in [-0.4, -0.2) is 39.6 Å². The van der Waals surface area contributed by atoms with Crippen molar-refractivity contribution in [1.29, 1.82) is 0 Å². The molecule has 2 N–H and O–H groups in total. The molecule has 2 aromatic heterocycles. The van der Waals surface area contributed by atoms with Crippen molar-refractivity contribution in [3.63, 3.8) is 0 Å². The molecule has 6 heteroatoms. The van der Waals surface area contributed by atoms with E-state index >= 15 is 0 Å². The van der Waals surface area contributed by atoms with Gasteiger partial charge in [0.2, 0.25) is 5.95 Å². The zero-order chi connectivity index (χ0) is 13.8. The molecule has 20 heavy (non-hydrogen) atoms. The number of hydrogen-bond acceptors (Lipinski definition) is 6. The van der Waals surface area contributed by atoms with E-state index in [1.165, 1.54) is 6.42 Å². The van der Waals surface area contributed by atoms with Crippen molar-refractivity contribution in [2.45, 2.75) is 12.8 Å². The van der Waals surface area contributed by atoms with Gasteiger partial charge in [-0.15, -0.1) is 0 Å². The van der Waals surface area contributed by atoms with Gasteiger partial charge in [0.15, 0.2) is 0 Å². The molecule has 1 aliphatic heterocycles. The van der Waals surface area contributed by atoms with E-state index in [-0.39, 0.29) is 0 Å². The fourth-order valence-corrected chi connectivity index (χ4v) is 2.51. The van der Waals surface area contributed by atoms with Gasteiger partial charge in [-0.05, 0) is 31.4 Å². The fraction of sp³-hybridized carbons (Fsp3) is 0.429. The van der Waals surface area contributed by atoms with Crippen molar-refractivity contribution in [2.75, 3.05) is 24.5 Å². The molecule has 0 radical (unpaired) electrons. The topological polar surface area (TPSA) is 80.8 Å². The van der Waals surface area contributed by atoms with E-state index in [4.69, 9.17) is 5.73 Å². The van der Waals surface area contributed by atoms with Crippen molar-refractivity contribution >= 4 is 5.95 Å². The van der Waals surface area contributed by atoms with Crippen LogP contribution in [0.3, 0.4) is 0 Å². The molecule has 6 nitrogen and oxygen atoms in total. The van der Waals surface area contributed by atoms with Crippen molar-refractivity contribution in [3.8, 4) is 11.4 Å². The Morgan fingerprint density at radius 3 is 2.95 bits per heavy atom. The van der Waals surface area contributed by atoms with Crippen LogP contribution in [0.5, 0.6) is 0 Å². The Kier molecular flexibility index (Phi) is 3.83. The zero-order valence-electron chi connectivity index (χ0n) is 11.3. The average Bonchev–Trinajstić information content (AvgIpc) is 2.56. The average molecular weight is 270 g/mol. The highest BCUT2D eigenvalue weighted by Gasteiger charge is 2.21. The quantitative estimate of drug-likeness (QED) is 0.899. The first-order chi connectivity index (χ1) is 9.86. The maximum Gasteiger partial charge on any atom is 0.225 e. The molecule has 3 heterocycles. The highest BCUT2D eigenvalue weighted by atomic mass is 15.3. The maximum absolute atomic E-state index is 5.78. The summed E-state index contributed by atoms with van der Waals surface area (Å²) in [4.78, 5) is 19.5. The minimum atomic E-state index is 0.535. The van der Waals surface area contributed by atoms with E-state index in [1.54, 1.807) is 24.8 Å². The van der Waals surface area contributed by atoms with Crippen LogP contribution in [0.1, 0.15) is 12.8 Å². The Balaban J connectivity index is 1.84. The lowest BCUT2D eigenvalue weighted by atomic mass is 9.99. The predicted molar refractivity (Wildman–Crippen MR) is 77.0 cm³/mol. The van der Waals surface area contributed by atoms with Gasteiger partial charge < -0.3 is 10.6 Å². The van der Waals surface area contributed by atoms with Gasteiger partial charge in [0.1, 0.15) is 5.69 Å². The Morgan fingerprint density at radius 1 is 1.20 bits per heavy atom. The third kappa shape index (κ3) is 2.75. The van der Waals surface area contributed by atoms with Gasteiger partial charge >= 0.3 is 0 Å². The van der Waals surface area contributed by atoms with Crippen LogP contribution < -0.4 is 10.6 Å². The lowest BCUT2D eigenvalue weighted by Gasteiger charge is -2.32. The molecule has 0 saturated carbocycles. The van der Waals surface area contributed by atoms with Crippen LogP contribution >= 0.6 is 0 Å². The predicted octanol–water partition coefficient (Wildman–Crippen LogP) is 1.11. The first-order valence-electron chi connectivity index (χ1n) is 6.91. The second-order valence-corrected chi connectivity index (χ2v) is 5.02. The number of nitrogens with two attached hydrogens (primary N) is 1. The van der Waals surface area contributed by atoms with Crippen LogP contribution in [-0.2, 0) is 0 Å². The number of aromatic nitrogens is 4. The van der Waals surface area contributed by atoms with Gasteiger partial charge in [-0.1, -0.05) is 0 Å². The molecule has 0 aliphatic carbocycles. The molecule has 1 aliphatic rings. The van der Waals surface area contributed by atoms with E-state index in [9.17, 15) is 0 Å². The monoisotopic (exact) mass is 270 g/mol. The summed E-state index contributed by atoms with van der Waals surface area (Å²) >= 11 is 0. The summed E-state index contributed by atoms with van der Waals surface area (Å²) in [6, 6.07) is 1.86. The molecule has 104 valence electrons. The van der Waals surface area contributed by atoms with Gasteiger partial charge in [-0.25, -0.2) is 9.97 Å². The normalized spacial score (nSPS) is 19.1. The maximum atomic E-state index is 5.78. The number of hydrogen-bond donors (Lipinski definition) is 1. The first kappa shape index (κ1) is 12.9. The lowest BCUT2D eigenvalue weighted by Crippen LogP contribution is -2.39. The number of rotatable bonds is 3. The summed E-state index contributed by atoms with van der Waals surface area (Å²) in [5, 5.41) is 0. The van der Waals surface area contributed by atoms with E-state index in [0.29, 0.717) is 5.92 Å². The minimum absolute atomic E-state index is 0.535. The molecule has 2 aromatic rings. The molecule has 0 bridgehead atoms. The highest BCUT2D eigenvalue weighted by molar-refractivity contribution is 5.54. The summed E-state index contributed by atoms with van der Waals surface area (Å²) < 4.78 is 0. The molecule has 1 saturated heterocycles. The molecular weight excluding hydrogens is 252 g/mol. The Bertz CT molecular complexity index is 559. The Morgan fingerprint density at radius 2 is 2.15 bits per heavy atom. The minimum Gasteiger partial charge on any atom is -0.340 e. The summed E-state index contributed by atoms with van der Waals surface area (Å²) in [5.41, 5.74) is 7.35.